The van der Waals surface area contributed by atoms with E-state index in [-0.39, 0.29) is 12.1 Å². The average Bonchev–Trinajstić information content (AvgIpc) is 2.67. The Hall–Kier alpha value is -2.62. The standard InChI is InChI=1S/2C8H15NO2.2C2HF3O2/c2*1-8(2)4-3-6(7(10)11)9-5-8;2*3-2(4,5)1(6)7/h2*6,9H,3-5H2,1-2H3,(H,10,11);2*(H,6,7). The minimum absolute atomic E-state index is 0.192. The van der Waals surface area contributed by atoms with Crippen LogP contribution in [-0.2, 0) is 19.2 Å². The summed E-state index contributed by atoms with van der Waals surface area (Å²) >= 11 is 0. The van der Waals surface area contributed by atoms with Crippen LogP contribution in [0.4, 0.5) is 26.3 Å². The molecule has 0 aromatic carbocycles. The number of quaternary nitrogens is 2. The van der Waals surface area contributed by atoms with Gasteiger partial charge in [-0.15, -0.1) is 0 Å². The van der Waals surface area contributed by atoms with Gasteiger partial charge in [-0.25, -0.2) is 9.59 Å². The summed E-state index contributed by atoms with van der Waals surface area (Å²) in [6, 6.07) is -0.383. The summed E-state index contributed by atoms with van der Waals surface area (Å²) in [6.45, 7) is 10.6. The van der Waals surface area contributed by atoms with Crippen LogP contribution < -0.4 is 20.8 Å². The molecule has 2 atom stereocenters. The van der Waals surface area contributed by atoms with Crippen LogP contribution >= 0.6 is 0 Å². The Morgan fingerprint density at radius 3 is 1.03 bits per heavy atom. The van der Waals surface area contributed by atoms with Crippen molar-refractivity contribution in [2.45, 2.75) is 77.8 Å². The van der Waals surface area contributed by atoms with E-state index in [2.05, 4.69) is 27.7 Å². The van der Waals surface area contributed by atoms with E-state index in [1.807, 2.05) is 10.6 Å². The number of hydrogen-bond acceptors (Lipinski definition) is 6. The van der Waals surface area contributed by atoms with Gasteiger partial charge in [0.1, 0.15) is 11.9 Å². The maximum absolute atomic E-state index is 10.5. The van der Waals surface area contributed by atoms with Gasteiger partial charge in [0, 0.05) is 23.7 Å². The number of alkyl halides is 6. The van der Waals surface area contributed by atoms with E-state index in [4.69, 9.17) is 30.0 Å². The normalized spacial score (nSPS) is 22.6. The molecule has 16 heteroatoms. The van der Waals surface area contributed by atoms with Crippen LogP contribution in [0.15, 0.2) is 0 Å². The highest BCUT2D eigenvalue weighted by Gasteiger charge is 2.34. The van der Waals surface area contributed by atoms with Crippen molar-refractivity contribution in [1.82, 2.24) is 0 Å². The van der Waals surface area contributed by atoms with Crippen LogP contribution in [0.3, 0.4) is 0 Å². The number of carboxylic acids is 4. The number of carbonyl (C=O) groups is 4. The fourth-order valence-corrected chi connectivity index (χ4v) is 2.90. The molecule has 0 saturated carbocycles. The zero-order chi connectivity index (χ0) is 29.1. The van der Waals surface area contributed by atoms with E-state index >= 15 is 0 Å². The van der Waals surface area contributed by atoms with E-state index in [9.17, 15) is 35.9 Å². The van der Waals surface area contributed by atoms with Crippen molar-refractivity contribution in [3.63, 3.8) is 0 Å². The number of hydrogen-bond donors (Lipinski definition) is 4. The van der Waals surface area contributed by atoms with Crippen LogP contribution in [0.5, 0.6) is 0 Å². The van der Waals surface area contributed by atoms with Crippen molar-refractivity contribution in [3.8, 4) is 0 Å². The summed E-state index contributed by atoms with van der Waals surface area (Å²) in [4.78, 5) is 38.6. The molecule has 10 nitrogen and oxygen atoms in total. The first-order valence-corrected chi connectivity index (χ1v) is 10.6. The maximum atomic E-state index is 10.5. The fourth-order valence-electron chi connectivity index (χ4n) is 2.90. The van der Waals surface area contributed by atoms with Crippen molar-refractivity contribution in [3.05, 3.63) is 0 Å². The number of halogens is 6. The van der Waals surface area contributed by atoms with Gasteiger partial charge in [0.2, 0.25) is 0 Å². The van der Waals surface area contributed by atoms with Crippen LogP contribution in [0.25, 0.3) is 0 Å². The summed E-state index contributed by atoms with van der Waals surface area (Å²) in [5, 5.41) is 38.8. The third-order valence-electron chi connectivity index (χ3n) is 5.27. The molecule has 2 unspecified atom stereocenters. The highest BCUT2D eigenvalue weighted by Crippen LogP contribution is 2.23. The number of piperidine rings is 2. The lowest BCUT2D eigenvalue weighted by Crippen LogP contribution is -2.95. The molecule has 2 saturated heterocycles. The SMILES string of the molecule is CC1(C)CCC(C(=O)O)[NH2+]C1.CC1(C)CCC(C(=O)O)[NH2+]C1.O=C([O-])C(F)(F)F.O=C([O-])C(F)(F)F. The second kappa shape index (κ2) is 14.2. The van der Waals surface area contributed by atoms with Gasteiger partial charge in [-0.05, 0) is 12.8 Å². The van der Waals surface area contributed by atoms with E-state index in [1.165, 1.54) is 0 Å². The molecule has 2 aliphatic rings. The molecule has 0 bridgehead atoms. The maximum Gasteiger partial charge on any atom is 0.430 e. The summed E-state index contributed by atoms with van der Waals surface area (Å²) in [5.41, 5.74) is 0.651. The minimum atomic E-state index is -5.19. The molecule has 2 rings (SSSR count). The number of rotatable bonds is 2. The Morgan fingerprint density at radius 2 is 0.917 bits per heavy atom. The molecule has 2 aliphatic heterocycles. The molecule has 0 aromatic heterocycles. The summed E-state index contributed by atoms with van der Waals surface area (Å²) in [5.74, 6) is -7.35. The lowest BCUT2D eigenvalue weighted by atomic mass is 9.83. The highest BCUT2D eigenvalue weighted by molar-refractivity contribution is 5.72. The topological polar surface area (TPSA) is 188 Å². The van der Waals surface area contributed by atoms with Gasteiger partial charge < -0.3 is 40.6 Å². The van der Waals surface area contributed by atoms with Crippen molar-refractivity contribution in [2.24, 2.45) is 10.8 Å². The molecule has 0 amide bonds. The first-order valence-electron chi connectivity index (χ1n) is 10.6. The Balaban J connectivity index is 0. The second-order valence-corrected chi connectivity index (χ2v) is 9.75. The van der Waals surface area contributed by atoms with Crippen LogP contribution in [0.2, 0.25) is 0 Å². The van der Waals surface area contributed by atoms with E-state index in [0.29, 0.717) is 10.8 Å². The van der Waals surface area contributed by atoms with Gasteiger partial charge in [-0.2, -0.15) is 26.3 Å². The molecule has 2 fully saturated rings. The van der Waals surface area contributed by atoms with Gasteiger partial charge in [-0.3, -0.25) is 0 Å². The third kappa shape index (κ3) is 16.9. The van der Waals surface area contributed by atoms with E-state index in [0.717, 1.165) is 38.8 Å². The monoisotopic (exact) mass is 542 g/mol. The summed E-state index contributed by atoms with van der Waals surface area (Å²) in [6.07, 6.45) is -6.72. The quantitative estimate of drug-likeness (QED) is 0.295. The number of aliphatic carboxylic acids is 4. The van der Waals surface area contributed by atoms with Gasteiger partial charge in [0.05, 0.1) is 13.1 Å². The fraction of sp³-hybridized carbons (Fsp3) is 0.800. The smallest absolute Gasteiger partial charge is 0.430 e. The lowest BCUT2D eigenvalue weighted by Gasteiger charge is -2.30. The second-order valence-electron chi connectivity index (χ2n) is 9.75. The van der Waals surface area contributed by atoms with Crippen molar-refractivity contribution in [2.75, 3.05) is 13.1 Å². The minimum Gasteiger partial charge on any atom is -0.542 e. The molecule has 0 aromatic rings. The molecular formula is C20H32F6N2O8. The van der Waals surface area contributed by atoms with Crippen molar-refractivity contribution in [1.29, 1.82) is 0 Å². The van der Waals surface area contributed by atoms with E-state index in [1.54, 1.807) is 0 Å². The Labute approximate surface area is 203 Å². The summed E-state index contributed by atoms with van der Waals surface area (Å²) < 4.78 is 63.1. The van der Waals surface area contributed by atoms with Gasteiger partial charge in [0.15, 0.2) is 12.1 Å². The zero-order valence-electron chi connectivity index (χ0n) is 20.2. The van der Waals surface area contributed by atoms with Crippen LogP contribution in [0, 0.1) is 10.8 Å². The number of nitrogens with two attached hydrogens (primary N) is 2. The van der Waals surface area contributed by atoms with Gasteiger partial charge >= 0.3 is 24.3 Å². The first-order chi connectivity index (χ1) is 15.9. The molecule has 212 valence electrons. The first kappa shape index (κ1) is 35.5. The van der Waals surface area contributed by atoms with Gasteiger partial charge in [-0.1, -0.05) is 27.7 Å². The molecule has 2 heterocycles. The molecule has 36 heavy (non-hydrogen) atoms. The number of carboxylic acid groups (broad SMARTS) is 4. The molecule has 0 aliphatic carbocycles. The van der Waals surface area contributed by atoms with Crippen LogP contribution in [0.1, 0.15) is 53.4 Å². The molecular weight excluding hydrogens is 510 g/mol. The number of carbonyl (C=O) groups excluding carboxylic acids is 2. The van der Waals surface area contributed by atoms with Crippen molar-refractivity contribution < 1.29 is 76.6 Å². The average molecular weight is 542 g/mol. The molecule has 0 spiro atoms. The Bertz CT molecular complexity index is 671. The van der Waals surface area contributed by atoms with E-state index < -0.39 is 36.2 Å². The molecule has 6 N–H and O–H groups in total. The van der Waals surface area contributed by atoms with Crippen molar-refractivity contribution >= 4 is 23.9 Å². The summed E-state index contributed by atoms with van der Waals surface area (Å²) in [7, 11) is 0. The third-order valence-corrected chi connectivity index (χ3v) is 5.27. The Kier molecular flexibility index (Phi) is 14.0. The molecule has 0 radical (unpaired) electrons. The zero-order valence-corrected chi connectivity index (χ0v) is 20.2. The predicted molar refractivity (Wildman–Crippen MR) is 105 cm³/mol. The lowest BCUT2D eigenvalue weighted by molar-refractivity contribution is -0.698. The predicted octanol–water partition coefficient (Wildman–Crippen LogP) is -1.76. The largest absolute Gasteiger partial charge is 0.542 e. The van der Waals surface area contributed by atoms with Gasteiger partial charge in [0.25, 0.3) is 0 Å². The highest BCUT2D eigenvalue weighted by atomic mass is 19.4. The Morgan fingerprint density at radius 1 is 0.694 bits per heavy atom. The van der Waals surface area contributed by atoms with Crippen LogP contribution in [-0.4, -0.2) is 71.6 Å².